The normalized spacial score (nSPS) is 15.3. The molecule has 1 aliphatic rings. The number of halogens is 1. The molecule has 1 aliphatic heterocycles. The van der Waals surface area contributed by atoms with Crippen LogP contribution in [0.4, 0.5) is 11.4 Å². The van der Waals surface area contributed by atoms with Crippen molar-refractivity contribution >= 4 is 40.4 Å². The number of aryl methyl sites for hydroxylation is 3. The zero-order chi connectivity index (χ0) is 25.0. The number of nitrogens with one attached hydrogen (secondary N) is 1. The molecule has 3 aromatic heterocycles. The SMILES string of the molecule is Cc1cc(N2C(=O)c3c(NC(=O)CN(C)C)cn(C)c3C2c2ccc(Cl)cc2)cn2c(C)nnc12. The molecule has 1 atom stereocenters. The lowest BCUT2D eigenvalue weighted by atomic mass is 10.0. The van der Waals surface area contributed by atoms with Gasteiger partial charge in [0, 0.05) is 24.5 Å². The van der Waals surface area contributed by atoms with Crippen LogP contribution in [-0.4, -0.2) is 56.5 Å². The molecule has 35 heavy (non-hydrogen) atoms. The Morgan fingerprint density at radius 3 is 2.54 bits per heavy atom. The van der Waals surface area contributed by atoms with E-state index in [1.54, 1.807) is 16.0 Å². The van der Waals surface area contributed by atoms with Crippen molar-refractivity contribution < 1.29 is 9.59 Å². The van der Waals surface area contributed by atoms with E-state index in [1.807, 2.05) is 80.5 Å². The van der Waals surface area contributed by atoms with Gasteiger partial charge in [0.25, 0.3) is 5.91 Å². The first-order chi connectivity index (χ1) is 16.7. The van der Waals surface area contributed by atoms with E-state index < -0.39 is 6.04 Å². The predicted molar refractivity (Wildman–Crippen MR) is 135 cm³/mol. The third-order valence-corrected chi connectivity index (χ3v) is 6.47. The molecule has 0 aliphatic carbocycles. The third kappa shape index (κ3) is 3.86. The summed E-state index contributed by atoms with van der Waals surface area (Å²) in [6.07, 6.45) is 3.68. The van der Waals surface area contributed by atoms with E-state index >= 15 is 0 Å². The molecule has 180 valence electrons. The molecule has 1 N–H and O–H groups in total. The molecule has 2 amide bonds. The van der Waals surface area contributed by atoms with Gasteiger partial charge in [-0.05, 0) is 57.3 Å². The van der Waals surface area contributed by atoms with Gasteiger partial charge in [-0.3, -0.25) is 18.9 Å². The lowest BCUT2D eigenvalue weighted by Crippen LogP contribution is -2.31. The number of nitrogens with zero attached hydrogens (tertiary/aromatic N) is 6. The Labute approximate surface area is 207 Å². The maximum atomic E-state index is 14.0. The van der Waals surface area contributed by atoms with E-state index in [2.05, 4.69) is 15.5 Å². The fraction of sp³-hybridized carbons (Fsp3) is 0.280. The van der Waals surface area contributed by atoms with Crippen molar-refractivity contribution in [3.8, 4) is 0 Å². The molecule has 0 saturated heterocycles. The maximum absolute atomic E-state index is 14.0. The van der Waals surface area contributed by atoms with Crippen LogP contribution in [0.15, 0.2) is 42.7 Å². The number of amides is 2. The molecule has 0 bridgehead atoms. The van der Waals surface area contributed by atoms with Crippen molar-refractivity contribution in [3.05, 3.63) is 76.0 Å². The summed E-state index contributed by atoms with van der Waals surface area (Å²) in [6.45, 7) is 4.04. The molecule has 0 spiro atoms. The maximum Gasteiger partial charge on any atom is 0.263 e. The first-order valence-corrected chi connectivity index (χ1v) is 11.6. The quantitative estimate of drug-likeness (QED) is 0.461. The van der Waals surface area contributed by atoms with Crippen LogP contribution in [-0.2, 0) is 11.8 Å². The number of carbonyl (C=O) groups excluding carboxylic acids is 2. The number of hydrogen-bond acceptors (Lipinski definition) is 5. The summed E-state index contributed by atoms with van der Waals surface area (Å²) >= 11 is 6.17. The molecular weight excluding hydrogens is 466 g/mol. The minimum Gasteiger partial charge on any atom is -0.350 e. The van der Waals surface area contributed by atoms with Crippen LogP contribution in [0, 0.1) is 13.8 Å². The van der Waals surface area contributed by atoms with Gasteiger partial charge < -0.3 is 14.8 Å². The minimum absolute atomic E-state index is 0.185. The van der Waals surface area contributed by atoms with Gasteiger partial charge in [0.2, 0.25) is 5.91 Å². The molecule has 10 heteroatoms. The first kappa shape index (κ1) is 23.1. The van der Waals surface area contributed by atoms with Crippen molar-refractivity contribution in [1.29, 1.82) is 0 Å². The summed E-state index contributed by atoms with van der Waals surface area (Å²) in [5.74, 6) is 0.356. The van der Waals surface area contributed by atoms with E-state index in [-0.39, 0.29) is 18.4 Å². The number of pyridine rings is 1. The van der Waals surface area contributed by atoms with Crippen molar-refractivity contribution in [2.75, 3.05) is 30.9 Å². The molecule has 1 aromatic carbocycles. The van der Waals surface area contributed by atoms with Crippen LogP contribution in [0.1, 0.15) is 39.0 Å². The number of likely N-dealkylation sites (N-methyl/N-ethyl adjacent to an activating group) is 1. The van der Waals surface area contributed by atoms with Crippen LogP contribution in [0.3, 0.4) is 0 Å². The largest absolute Gasteiger partial charge is 0.350 e. The molecule has 0 fully saturated rings. The van der Waals surface area contributed by atoms with Gasteiger partial charge in [0.1, 0.15) is 11.9 Å². The average molecular weight is 492 g/mol. The Bertz CT molecular complexity index is 1470. The Morgan fingerprint density at radius 2 is 1.86 bits per heavy atom. The van der Waals surface area contributed by atoms with Crippen LogP contribution in [0.2, 0.25) is 5.02 Å². The standard InChI is InChI=1S/C25H26ClN7O2/c1-14-10-18(11-32-15(2)28-29-24(14)32)33-22(16-6-8-17(26)9-7-16)23-21(25(33)35)19(12-31(23)5)27-20(34)13-30(3)4/h6-12,22H,13H2,1-5H3,(H,27,34). The summed E-state index contributed by atoms with van der Waals surface area (Å²) in [4.78, 5) is 30.1. The van der Waals surface area contributed by atoms with Gasteiger partial charge >= 0.3 is 0 Å². The zero-order valence-electron chi connectivity index (χ0n) is 20.2. The zero-order valence-corrected chi connectivity index (χ0v) is 21.0. The molecule has 4 aromatic rings. The number of hydrogen-bond donors (Lipinski definition) is 1. The minimum atomic E-state index is -0.409. The monoisotopic (exact) mass is 491 g/mol. The molecule has 4 heterocycles. The summed E-state index contributed by atoms with van der Waals surface area (Å²) < 4.78 is 3.80. The molecule has 5 rings (SSSR count). The van der Waals surface area contributed by atoms with Crippen molar-refractivity contribution in [2.24, 2.45) is 7.05 Å². The highest BCUT2D eigenvalue weighted by Gasteiger charge is 2.43. The highest BCUT2D eigenvalue weighted by atomic mass is 35.5. The second-order valence-corrected chi connectivity index (χ2v) is 9.59. The number of benzene rings is 1. The van der Waals surface area contributed by atoms with Crippen molar-refractivity contribution in [3.63, 3.8) is 0 Å². The van der Waals surface area contributed by atoms with E-state index in [4.69, 9.17) is 11.6 Å². The van der Waals surface area contributed by atoms with E-state index in [0.29, 0.717) is 22.0 Å². The fourth-order valence-electron chi connectivity index (χ4n) is 4.73. The molecule has 0 radical (unpaired) electrons. The first-order valence-electron chi connectivity index (χ1n) is 11.2. The number of rotatable bonds is 5. The second-order valence-electron chi connectivity index (χ2n) is 9.15. The summed E-state index contributed by atoms with van der Waals surface area (Å²) in [7, 11) is 5.53. The topological polar surface area (TPSA) is 87.8 Å². The van der Waals surface area contributed by atoms with Gasteiger partial charge in [-0.1, -0.05) is 23.7 Å². The van der Waals surface area contributed by atoms with E-state index in [1.165, 1.54) is 0 Å². The average Bonchev–Trinajstić information content (AvgIpc) is 3.41. The van der Waals surface area contributed by atoms with E-state index in [0.717, 1.165) is 28.3 Å². The fourth-order valence-corrected chi connectivity index (χ4v) is 4.85. The number of aromatic nitrogens is 4. The predicted octanol–water partition coefficient (Wildman–Crippen LogP) is 3.59. The smallest absolute Gasteiger partial charge is 0.263 e. The molecular formula is C25H26ClN7O2. The summed E-state index contributed by atoms with van der Waals surface area (Å²) in [5, 5.41) is 12.0. The van der Waals surface area contributed by atoms with Crippen molar-refractivity contribution in [2.45, 2.75) is 19.9 Å². The second kappa shape index (κ2) is 8.51. The summed E-state index contributed by atoms with van der Waals surface area (Å²) in [6, 6.07) is 9.02. The van der Waals surface area contributed by atoms with Crippen LogP contribution < -0.4 is 10.2 Å². The Hall–Kier alpha value is -3.69. The summed E-state index contributed by atoms with van der Waals surface area (Å²) in [5.41, 5.74) is 5.06. The Kier molecular flexibility index (Phi) is 5.61. The van der Waals surface area contributed by atoms with Gasteiger partial charge in [0.05, 0.1) is 29.2 Å². The van der Waals surface area contributed by atoms with Crippen LogP contribution >= 0.6 is 11.6 Å². The number of carbonyl (C=O) groups is 2. The van der Waals surface area contributed by atoms with Gasteiger partial charge in [-0.25, -0.2) is 0 Å². The van der Waals surface area contributed by atoms with Gasteiger partial charge in [-0.15, -0.1) is 10.2 Å². The van der Waals surface area contributed by atoms with E-state index in [9.17, 15) is 9.59 Å². The van der Waals surface area contributed by atoms with Gasteiger partial charge in [-0.2, -0.15) is 0 Å². The molecule has 9 nitrogen and oxygen atoms in total. The number of anilines is 2. The molecule has 1 unspecified atom stereocenters. The number of fused-ring (bicyclic) bond motifs is 2. The van der Waals surface area contributed by atoms with Gasteiger partial charge in [0.15, 0.2) is 5.65 Å². The highest BCUT2D eigenvalue weighted by molar-refractivity contribution is 6.30. The lowest BCUT2D eigenvalue weighted by Gasteiger charge is -2.27. The van der Waals surface area contributed by atoms with Crippen LogP contribution in [0.25, 0.3) is 5.65 Å². The lowest BCUT2D eigenvalue weighted by molar-refractivity contribution is -0.116. The highest BCUT2D eigenvalue weighted by Crippen LogP contribution is 2.45. The van der Waals surface area contributed by atoms with Crippen LogP contribution in [0.5, 0.6) is 0 Å². The Balaban J connectivity index is 1.68. The van der Waals surface area contributed by atoms with Crippen molar-refractivity contribution in [1.82, 2.24) is 24.1 Å². The third-order valence-electron chi connectivity index (χ3n) is 6.22. The Morgan fingerprint density at radius 1 is 1.14 bits per heavy atom. The molecule has 0 saturated carbocycles.